The highest BCUT2D eigenvalue weighted by atomic mass is 35.5. The Morgan fingerprint density at radius 1 is 1.43 bits per heavy atom. The summed E-state index contributed by atoms with van der Waals surface area (Å²) in [5, 5.41) is 7.63. The fourth-order valence-electron chi connectivity index (χ4n) is 1.21. The summed E-state index contributed by atoms with van der Waals surface area (Å²) in [5.41, 5.74) is 0.489. The van der Waals surface area contributed by atoms with E-state index in [4.69, 9.17) is 26.2 Å². The average Bonchev–Trinajstić information content (AvgIpc) is 2.62. The van der Waals surface area contributed by atoms with Crippen molar-refractivity contribution in [3.63, 3.8) is 0 Å². The van der Waals surface area contributed by atoms with E-state index in [1.807, 2.05) is 0 Å². The van der Waals surface area contributed by atoms with E-state index in [2.05, 4.69) is 0 Å². The number of rotatable bonds is 2. The molecule has 5 heteroatoms. The molecule has 1 aromatic carbocycles. The zero-order chi connectivity index (χ0) is 10.1. The minimum atomic E-state index is -1.08. The van der Waals surface area contributed by atoms with E-state index in [0.717, 1.165) is 0 Å². The highest BCUT2D eigenvalue weighted by Gasteiger charge is 2.20. The molecule has 1 heterocycles. The summed E-state index contributed by atoms with van der Waals surface area (Å²) < 4.78 is 10.2. The van der Waals surface area contributed by atoms with Crippen molar-refractivity contribution in [1.29, 1.82) is 0 Å². The molecule has 0 saturated heterocycles. The van der Waals surface area contributed by atoms with Gasteiger partial charge in [-0.05, 0) is 17.7 Å². The number of ether oxygens (including phenoxy) is 2. The van der Waals surface area contributed by atoms with Gasteiger partial charge in [-0.15, -0.1) is 11.6 Å². The largest absolute Gasteiger partial charge is 0.480 e. The Morgan fingerprint density at radius 3 is 2.86 bits per heavy atom. The molecule has 1 aromatic rings. The Hall–Kier alpha value is -1.42. The lowest BCUT2D eigenvalue weighted by Crippen LogP contribution is -2.04. The van der Waals surface area contributed by atoms with Gasteiger partial charge in [0.25, 0.3) is 0 Å². The van der Waals surface area contributed by atoms with Crippen molar-refractivity contribution in [3.8, 4) is 11.5 Å². The van der Waals surface area contributed by atoms with Gasteiger partial charge in [0, 0.05) is 0 Å². The number of hydrogen-bond donors (Lipinski definition) is 1. The molecule has 0 radical (unpaired) electrons. The number of alkyl halides is 1. The lowest BCUT2D eigenvalue weighted by molar-refractivity contribution is -0.136. The van der Waals surface area contributed by atoms with Crippen molar-refractivity contribution in [2.75, 3.05) is 6.79 Å². The summed E-state index contributed by atoms with van der Waals surface area (Å²) >= 11 is 5.65. The smallest absolute Gasteiger partial charge is 0.326 e. The Kier molecular flexibility index (Phi) is 2.21. The number of fused-ring (bicyclic) bond motifs is 1. The molecular formula is C9H7ClO4. The molecule has 0 aromatic heterocycles. The molecule has 1 aliphatic heterocycles. The third-order valence-corrected chi connectivity index (χ3v) is 2.34. The van der Waals surface area contributed by atoms with Gasteiger partial charge in [0.2, 0.25) is 6.79 Å². The zero-order valence-electron chi connectivity index (χ0n) is 7.07. The molecule has 14 heavy (non-hydrogen) atoms. The van der Waals surface area contributed by atoms with Crippen LogP contribution in [0, 0.1) is 0 Å². The van der Waals surface area contributed by atoms with E-state index in [0.29, 0.717) is 17.1 Å². The first-order valence-corrected chi connectivity index (χ1v) is 4.38. The summed E-state index contributed by atoms with van der Waals surface area (Å²) in [6, 6.07) is 4.84. The topological polar surface area (TPSA) is 55.8 Å². The molecule has 74 valence electrons. The van der Waals surface area contributed by atoms with Crippen molar-refractivity contribution in [2.24, 2.45) is 0 Å². The summed E-state index contributed by atoms with van der Waals surface area (Å²) in [5.74, 6) is 0.0722. The zero-order valence-corrected chi connectivity index (χ0v) is 7.82. The van der Waals surface area contributed by atoms with Gasteiger partial charge in [-0.3, -0.25) is 4.79 Å². The normalized spacial score (nSPS) is 15.2. The van der Waals surface area contributed by atoms with E-state index in [9.17, 15) is 4.79 Å². The standard InChI is InChI=1S/C9H7ClO4/c10-8(9(11)12)5-1-2-6-7(3-5)14-4-13-6/h1-3,8H,4H2,(H,11,12). The molecule has 2 rings (SSSR count). The number of carbonyl (C=O) groups is 1. The van der Waals surface area contributed by atoms with Crippen LogP contribution >= 0.6 is 11.6 Å². The van der Waals surface area contributed by atoms with Crippen LogP contribution in [0.5, 0.6) is 11.5 Å². The van der Waals surface area contributed by atoms with Crippen molar-refractivity contribution in [1.82, 2.24) is 0 Å². The van der Waals surface area contributed by atoms with Gasteiger partial charge in [-0.1, -0.05) is 6.07 Å². The highest BCUT2D eigenvalue weighted by Crippen LogP contribution is 2.35. The first kappa shape index (κ1) is 9.15. The first-order valence-electron chi connectivity index (χ1n) is 3.95. The van der Waals surface area contributed by atoms with E-state index < -0.39 is 11.3 Å². The molecular weight excluding hydrogens is 208 g/mol. The van der Waals surface area contributed by atoms with Gasteiger partial charge in [0.1, 0.15) is 0 Å². The average molecular weight is 215 g/mol. The predicted octanol–water partition coefficient (Wildman–Crippen LogP) is 1.78. The van der Waals surface area contributed by atoms with Crippen molar-refractivity contribution >= 4 is 17.6 Å². The number of hydrogen-bond acceptors (Lipinski definition) is 3. The number of benzene rings is 1. The molecule has 0 amide bonds. The van der Waals surface area contributed by atoms with Gasteiger partial charge < -0.3 is 14.6 Å². The SMILES string of the molecule is O=C(O)C(Cl)c1ccc2c(c1)OCO2. The minimum Gasteiger partial charge on any atom is -0.480 e. The van der Waals surface area contributed by atoms with Gasteiger partial charge in [0.15, 0.2) is 16.9 Å². The molecule has 1 N–H and O–H groups in total. The third kappa shape index (κ3) is 1.48. The van der Waals surface area contributed by atoms with Crippen LogP contribution in [0.25, 0.3) is 0 Å². The lowest BCUT2D eigenvalue weighted by atomic mass is 10.1. The van der Waals surface area contributed by atoms with Gasteiger partial charge in [0.05, 0.1) is 0 Å². The van der Waals surface area contributed by atoms with Crippen LogP contribution in [0.15, 0.2) is 18.2 Å². The second-order valence-corrected chi connectivity index (χ2v) is 3.25. The third-order valence-electron chi connectivity index (χ3n) is 1.91. The lowest BCUT2D eigenvalue weighted by Gasteiger charge is -2.04. The monoisotopic (exact) mass is 214 g/mol. The molecule has 0 spiro atoms. The van der Waals surface area contributed by atoms with E-state index in [-0.39, 0.29) is 6.79 Å². The first-order chi connectivity index (χ1) is 6.68. The fourth-order valence-corrected chi connectivity index (χ4v) is 1.35. The van der Waals surface area contributed by atoms with Crippen molar-refractivity contribution in [3.05, 3.63) is 23.8 Å². The van der Waals surface area contributed by atoms with Crippen LogP contribution in [-0.4, -0.2) is 17.9 Å². The molecule has 0 saturated carbocycles. The maximum atomic E-state index is 10.6. The van der Waals surface area contributed by atoms with E-state index >= 15 is 0 Å². The highest BCUT2D eigenvalue weighted by molar-refractivity contribution is 6.29. The van der Waals surface area contributed by atoms with Crippen LogP contribution in [0.3, 0.4) is 0 Å². The van der Waals surface area contributed by atoms with Crippen molar-refractivity contribution < 1.29 is 19.4 Å². The fraction of sp³-hybridized carbons (Fsp3) is 0.222. The van der Waals surface area contributed by atoms with Gasteiger partial charge >= 0.3 is 5.97 Å². The van der Waals surface area contributed by atoms with Gasteiger partial charge in [-0.25, -0.2) is 0 Å². The van der Waals surface area contributed by atoms with Gasteiger partial charge in [-0.2, -0.15) is 0 Å². The Labute approximate surface area is 85.0 Å². The second kappa shape index (κ2) is 3.38. The van der Waals surface area contributed by atoms with Crippen molar-refractivity contribution in [2.45, 2.75) is 5.38 Å². The summed E-state index contributed by atoms with van der Waals surface area (Å²) in [6.45, 7) is 0.165. The van der Waals surface area contributed by atoms with Crippen LogP contribution in [0.2, 0.25) is 0 Å². The Morgan fingerprint density at radius 2 is 2.14 bits per heavy atom. The van der Waals surface area contributed by atoms with E-state index in [1.165, 1.54) is 0 Å². The predicted molar refractivity (Wildman–Crippen MR) is 48.8 cm³/mol. The Balaban J connectivity index is 2.33. The van der Waals surface area contributed by atoms with Crippen LogP contribution in [0.4, 0.5) is 0 Å². The molecule has 0 bridgehead atoms. The molecule has 0 aliphatic carbocycles. The number of aliphatic carboxylic acids is 1. The van der Waals surface area contributed by atoms with Crippen LogP contribution < -0.4 is 9.47 Å². The summed E-state index contributed by atoms with van der Waals surface area (Å²) in [6.07, 6.45) is 0. The molecule has 0 fully saturated rings. The summed E-state index contributed by atoms with van der Waals surface area (Å²) in [4.78, 5) is 10.6. The second-order valence-electron chi connectivity index (χ2n) is 2.81. The van der Waals surface area contributed by atoms with Crippen LogP contribution in [0.1, 0.15) is 10.9 Å². The molecule has 1 unspecified atom stereocenters. The minimum absolute atomic E-state index is 0.165. The molecule has 4 nitrogen and oxygen atoms in total. The quantitative estimate of drug-likeness (QED) is 0.763. The maximum Gasteiger partial charge on any atom is 0.326 e. The van der Waals surface area contributed by atoms with E-state index in [1.54, 1.807) is 18.2 Å². The Bertz CT molecular complexity index is 377. The molecule has 1 atom stereocenters. The maximum absolute atomic E-state index is 10.6. The van der Waals surface area contributed by atoms with Crippen LogP contribution in [-0.2, 0) is 4.79 Å². The number of carboxylic acid groups (broad SMARTS) is 1. The number of carboxylic acids is 1. The summed E-state index contributed by atoms with van der Waals surface area (Å²) in [7, 11) is 0. The molecule has 1 aliphatic rings. The number of halogens is 1.